The summed E-state index contributed by atoms with van der Waals surface area (Å²) in [5, 5.41) is 0.725. The molecule has 0 radical (unpaired) electrons. The van der Waals surface area contributed by atoms with E-state index in [4.69, 9.17) is 23.2 Å². The number of hydrogen-bond acceptors (Lipinski definition) is 1. The number of allylic oxidation sites excluding steroid dienone is 2. The van der Waals surface area contributed by atoms with Crippen molar-refractivity contribution in [3.05, 3.63) is 22.8 Å². The summed E-state index contributed by atoms with van der Waals surface area (Å²) in [5.74, 6) is 0. The zero-order valence-corrected chi connectivity index (χ0v) is 6.58. The van der Waals surface area contributed by atoms with Crippen LogP contribution in [0.15, 0.2) is 27.8 Å². The molecule has 0 fully saturated rings. The van der Waals surface area contributed by atoms with E-state index in [0.717, 1.165) is 0 Å². The van der Waals surface area contributed by atoms with E-state index in [-0.39, 0.29) is 0 Å². The van der Waals surface area contributed by atoms with Crippen molar-refractivity contribution < 1.29 is 0 Å². The van der Waals surface area contributed by atoms with Gasteiger partial charge in [0.1, 0.15) is 5.16 Å². The number of aliphatic imine (C=N–C) groups is 1. The number of rotatable bonds is 2. The van der Waals surface area contributed by atoms with Crippen molar-refractivity contribution in [3.63, 3.8) is 0 Å². The molecule has 0 aromatic heterocycles. The first kappa shape index (κ1) is 8.73. The van der Waals surface area contributed by atoms with E-state index in [0.29, 0.717) is 10.2 Å². The Morgan fingerprint density at radius 2 is 2.11 bits per heavy atom. The first-order chi connectivity index (χ1) is 4.16. The van der Waals surface area contributed by atoms with Gasteiger partial charge < -0.3 is 0 Å². The highest BCUT2D eigenvalue weighted by Crippen LogP contribution is 2.08. The molecule has 3 heteroatoms. The Bertz CT molecular complexity index is 158. The highest BCUT2D eigenvalue weighted by atomic mass is 35.5. The van der Waals surface area contributed by atoms with Crippen LogP contribution < -0.4 is 0 Å². The molecule has 0 aliphatic heterocycles. The number of halogens is 2. The molecule has 0 unspecified atom stereocenters. The summed E-state index contributed by atoms with van der Waals surface area (Å²) in [4.78, 5) is 3.72. The van der Waals surface area contributed by atoms with Gasteiger partial charge in [0.15, 0.2) is 0 Å². The van der Waals surface area contributed by atoms with E-state index in [1.165, 1.54) is 6.08 Å². The molecule has 9 heavy (non-hydrogen) atoms. The van der Waals surface area contributed by atoms with Crippen molar-refractivity contribution in [1.82, 2.24) is 0 Å². The fraction of sp³-hybridized carbons (Fsp3) is 0.167. The molecule has 0 saturated carbocycles. The molecule has 0 bridgehead atoms. The molecule has 0 spiro atoms. The minimum absolute atomic E-state index is 0.345. The maximum Gasteiger partial charge on any atom is 0.130 e. The van der Waals surface area contributed by atoms with Crippen molar-refractivity contribution >= 4 is 29.4 Å². The van der Waals surface area contributed by atoms with Gasteiger partial charge >= 0.3 is 0 Å². The summed E-state index contributed by atoms with van der Waals surface area (Å²) in [5.41, 5.74) is 0. The van der Waals surface area contributed by atoms with E-state index in [1.54, 1.807) is 13.1 Å². The number of hydrogen-bond donors (Lipinski definition) is 0. The topological polar surface area (TPSA) is 12.4 Å². The second kappa shape index (κ2) is 4.59. The van der Waals surface area contributed by atoms with Gasteiger partial charge in [-0.3, -0.25) is 0 Å². The molecule has 0 N–H and O–H groups in total. The third kappa shape index (κ3) is 5.60. The summed E-state index contributed by atoms with van der Waals surface area (Å²) >= 11 is 10.9. The van der Waals surface area contributed by atoms with Crippen LogP contribution in [0.3, 0.4) is 0 Å². The highest BCUT2D eigenvalue weighted by Gasteiger charge is 1.84. The molecule has 0 aromatic rings. The molecule has 0 aliphatic rings. The average molecular weight is 164 g/mol. The molecule has 50 valence electrons. The van der Waals surface area contributed by atoms with Gasteiger partial charge in [-0.1, -0.05) is 29.8 Å². The first-order valence-electron chi connectivity index (χ1n) is 2.37. The van der Waals surface area contributed by atoms with Crippen LogP contribution in [0.2, 0.25) is 0 Å². The van der Waals surface area contributed by atoms with E-state index < -0.39 is 0 Å². The lowest BCUT2D eigenvalue weighted by Crippen LogP contribution is -1.65. The molecular formula is C6H7Cl2N. The van der Waals surface area contributed by atoms with Crippen molar-refractivity contribution in [1.29, 1.82) is 0 Å². The lowest BCUT2D eigenvalue weighted by Gasteiger charge is -1.84. The second-order valence-corrected chi connectivity index (χ2v) is 2.17. The van der Waals surface area contributed by atoms with Gasteiger partial charge in [0.2, 0.25) is 0 Å². The summed E-state index contributed by atoms with van der Waals surface area (Å²) < 4.78 is 0. The Morgan fingerprint density at radius 3 is 2.44 bits per heavy atom. The van der Waals surface area contributed by atoms with Gasteiger partial charge in [0.25, 0.3) is 0 Å². The van der Waals surface area contributed by atoms with E-state index in [2.05, 4.69) is 11.6 Å². The van der Waals surface area contributed by atoms with Gasteiger partial charge in [0, 0.05) is 11.2 Å². The first-order valence-corrected chi connectivity index (χ1v) is 3.12. The largest absolute Gasteiger partial charge is 0.249 e. The van der Waals surface area contributed by atoms with Gasteiger partial charge in [-0.15, -0.1) is 0 Å². The lowest BCUT2D eigenvalue weighted by atomic mass is 10.6. The van der Waals surface area contributed by atoms with Crippen molar-refractivity contribution in [2.45, 2.75) is 6.92 Å². The fourth-order valence-corrected chi connectivity index (χ4v) is 0.678. The molecule has 0 amide bonds. The molecular weight excluding hydrogens is 157 g/mol. The van der Waals surface area contributed by atoms with E-state index in [1.807, 2.05) is 0 Å². The van der Waals surface area contributed by atoms with Crippen LogP contribution in [0.25, 0.3) is 0 Å². The molecule has 1 nitrogen and oxygen atoms in total. The van der Waals surface area contributed by atoms with Crippen LogP contribution in [0, 0.1) is 0 Å². The third-order valence-corrected chi connectivity index (χ3v) is 0.844. The Labute approximate surface area is 64.7 Å². The van der Waals surface area contributed by atoms with Crippen LogP contribution in [-0.4, -0.2) is 6.21 Å². The van der Waals surface area contributed by atoms with Crippen LogP contribution in [0.1, 0.15) is 6.92 Å². The molecule has 0 atom stereocenters. The Balaban J connectivity index is 4.00. The van der Waals surface area contributed by atoms with Crippen LogP contribution >= 0.6 is 23.2 Å². The summed E-state index contributed by atoms with van der Waals surface area (Å²) in [6.45, 7) is 5.18. The smallest absolute Gasteiger partial charge is 0.130 e. The average Bonchev–Trinajstić information content (AvgIpc) is 1.63. The SMILES string of the molecule is C=C(Cl)/C=C(Cl)\N=C/C. The minimum atomic E-state index is 0.345. The van der Waals surface area contributed by atoms with Crippen LogP contribution in [-0.2, 0) is 0 Å². The second-order valence-electron chi connectivity index (χ2n) is 1.30. The maximum atomic E-state index is 5.49. The normalized spacial score (nSPS) is 12.6. The van der Waals surface area contributed by atoms with E-state index in [9.17, 15) is 0 Å². The third-order valence-electron chi connectivity index (χ3n) is 0.528. The van der Waals surface area contributed by atoms with E-state index >= 15 is 0 Å². The van der Waals surface area contributed by atoms with Crippen molar-refractivity contribution in [3.8, 4) is 0 Å². The lowest BCUT2D eigenvalue weighted by molar-refractivity contribution is 1.51. The van der Waals surface area contributed by atoms with Gasteiger partial charge in [-0.2, -0.15) is 0 Å². The highest BCUT2D eigenvalue weighted by molar-refractivity contribution is 6.34. The molecule has 0 rings (SSSR count). The van der Waals surface area contributed by atoms with Crippen LogP contribution in [0.5, 0.6) is 0 Å². The summed E-state index contributed by atoms with van der Waals surface area (Å²) in [6.07, 6.45) is 3.06. The molecule has 0 aromatic carbocycles. The zero-order valence-electron chi connectivity index (χ0n) is 5.06. The van der Waals surface area contributed by atoms with Crippen LogP contribution in [0.4, 0.5) is 0 Å². The predicted molar refractivity (Wildman–Crippen MR) is 43.1 cm³/mol. The monoisotopic (exact) mass is 163 g/mol. The summed E-state index contributed by atoms with van der Waals surface area (Å²) in [7, 11) is 0. The predicted octanol–water partition coefficient (Wildman–Crippen LogP) is 2.91. The van der Waals surface area contributed by atoms with Crippen molar-refractivity contribution in [2.24, 2.45) is 4.99 Å². The molecule has 0 heterocycles. The van der Waals surface area contributed by atoms with Gasteiger partial charge in [-0.05, 0) is 13.0 Å². The Kier molecular flexibility index (Phi) is 4.46. The quantitative estimate of drug-likeness (QED) is 0.338. The maximum absolute atomic E-state index is 5.49. The summed E-state index contributed by atoms with van der Waals surface area (Å²) in [6, 6.07) is 0. The van der Waals surface area contributed by atoms with Gasteiger partial charge in [0.05, 0.1) is 0 Å². The molecule has 0 saturated heterocycles. The van der Waals surface area contributed by atoms with Gasteiger partial charge in [-0.25, -0.2) is 4.99 Å². The molecule has 0 aliphatic carbocycles. The van der Waals surface area contributed by atoms with Crippen molar-refractivity contribution in [2.75, 3.05) is 0 Å². The standard InChI is InChI=1S/C6H7Cl2N/c1-3-9-6(8)4-5(2)7/h3-4H,2H2,1H3/b6-4-,9-3-. The number of nitrogens with zero attached hydrogens (tertiary/aromatic N) is 1. The minimum Gasteiger partial charge on any atom is -0.249 e. The Morgan fingerprint density at radius 1 is 1.56 bits per heavy atom. The Hall–Kier alpha value is -0.270. The fourth-order valence-electron chi connectivity index (χ4n) is 0.290. The zero-order chi connectivity index (χ0) is 7.28.